The average Bonchev–Trinajstić information content (AvgIpc) is 2.84. The Bertz CT molecular complexity index is 968. The van der Waals surface area contributed by atoms with Crippen LogP contribution in [0.5, 0.6) is 0 Å². The minimum atomic E-state index is -0.165. The predicted octanol–water partition coefficient (Wildman–Crippen LogP) is 1.47. The zero-order chi connectivity index (χ0) is 22.5. The van der Waals surface area contributed by atoms with Crippen LogP contribution >= 0.6 is 0 Å². The Kier molecular flexibility index (Phi) is 6.94. The van der Waals surface area contributed by atoms with Crippen LogP contribution in [-0.4, -0.2) is 78.1 Å². The number of carbonyl (C=O) groups excluding carboxylic acids is 2. The number of ether oxygens (including phenoxy) is 1. The van der Waals surface area contributed by atoms with Gasteiger partial charge in [0.2, 0.25) is 0 Å². The lowest BCUT2D eigenvalue weighted by atomic mass is 9.90. The van der Waals surface area contributed by atoms with Gasteiger partial charge in [0, 0.05) is 51.2 Å². The third-order valence-corrected chi connectivity index (χ3v) is 6.17. The number of anilines is 1. The van der Waals surface area contributed by atoms with Crippen molar-refractivity contribution in [1.82, 2.24) is 25.2 Å². The lowest BCUT2D eigenvalue weighted by molar-refractivity contribution is 0.0690. The van der Waals surface area contributed by atoms with E-state index in [0.717, 1.165) is 37.4 Å². The number of rotatable bonds is 5. The van der Waals surface area contributed by atoms with Gasteiger partial charge in [0.25, 0.3) is 11.8 Å². The van der Waals surface area contributed by atoms with Crippen molar-refractivity contribution in [3.8, 4) is 0 Å². The summed E-state index contributed by atoms with van der Waals surface area (Å²) in [4.78, 5) is 42.5. The van der Waals surface area contributed by atoms with Crippen LogP contribution in [-0.2, 0) is 11.2 Å². The first-order valence-corrected chi connectivity index (χ1v) is 11.2. The molecule has 2 aromatic heterocycles. The maximum atomic E-state index is 13.1. The van der Waals surface area contributed by atoms with Crippen LogP contribution in [0, 0.1) is 12.8 Å². The molecule has 2 aromatic rings. The highest BCUT2D eigenvalue weighted by Gasteiger charge is 2.26. The third kappa shape index (κ3) is 5.04. The molecular formula is C23H30N6O3. The van der Waals surface area contributed by atoms with Crippen molar-refractivity contribution in [2.45, 2.75) is 26.2 Å². The summed E-state index contributed by atoms with van der Waals surface area (Å²) < 4.78 is 5.41. The van der Waals surface area contributed by atoms with Gasteiger partial charge in [-0.3, -0.25) is 9.59 Å². The summed E-state index contributed by atoms with van der Waals surface area (Å²) >= 11 is 0. The number of nitrogens with one attached hydrogen (secondary N) is 1. The van der Waals surface area contributed by atoms with Crippen molar-refractivity contribution in [3.05, 3.63) is 47.2 Å². The number of piperidine rings is 1. The molecule has 0 aliphatic carbocycles. The van der Waals surface area contributed by atoms with E-state index in [1.54, 1.807) is 25.5 Å². The van der Waals surface area contributed by atoms with Gasteiger partial charge in [-0.15, -0.1) is 0 Å². The first kappa shape index (κ1) is 22.1. The third-order valence-electron chi connectivity index (χ3n) is 6.17. The first-order chi connectivity index (χ1) is 15.5. The lowest BCUT2D eigenvalue weighted by Crippen LogP contribution is -2.39. The molecule has 2 fully saturated rings. The molecule has 2 aliphatic heterocycles. The van der Waals surface area contributed by atoms with Crippen LogP contribution in [0.1, 0.15) is 45.1 Å². The molecule has 9 heteroatoms. The molecule has 32 heavy (non-hydrogen) atoms. The summed E-state index contributed by atoms with van der Waals surface area (Å²) in [6.45, 7) is 6.16. The number of aryl methyl sites for hydroxylation is 1. The van der Waals surface area contributed by atoms with E-state index in [4.69, 9.17) is 4.74 Å². The summed E-state index contributed by atoms with van der Waals surface area (Å²) in [5, 5.41) is 2.66. The molecule has 2 amide bonds. The summed E-state index contributed by atoms with van der Waals surface area (Å²) in [5.74, 6) is 1.74. The van der Waals surface area contributed by atoms with Gasteiger partial charge >= 0.3 is 0 Å². The molecule has 0 radical (unpaired) electrons. The molecule has 0 aromatic carbocycles. The highest BCUT2D eigenvalue weighted by atomic mass is 16.5. The number of morpholine rings is 1. The number of pyridine rings is 1. The second-order valence-corrected chi connectivity index (χ2v) is 8.30. The quantitative estimate of drug-likeness (QED) is 0.754. The Hall–Kier alpha value is -3.07. The maximum Gasteiger partial charge on any atom is 0.254 e. The topological polar surface area (TPSA) is 101 Å². The lowest BCUT2D eigenvalue weighted by Gasteiger charge is -2.32. The molecule has 4 heterocycles. The van der Waals surface area contributed by atoms with Crippen molar-refractivity contribution >= 4 is 17.6 Å². The van der Waals surface area contributed by atoms with E-state index in [-0.39, 0.29) is 11.8 Å². The molecule has 9 nitrogen and oxygen atoms in total. The van der Waals surface area contributed by atoms with Crippen LogP contribution in [0.2, 0.25) is 0 Å². The molecule has 0 unspecified atom stereocenters. The first-order valence-electron chi connectivity index (χ1n) is 11.2. The van der Waals surface area contributed by atoms with Crippen LogP contribution in [0.3, 0.4) is 0 Å². The summed E-state index contributed by atoms with van der Waals surface area (Å²) in [7, 11) is 1.61. The Balaban J connectivity index is 1.38. The zero-order valence-electron chi connectivity index (χ0n) is 18.7. The van der Waals surface area contributed by atoms with Gasteiger partial charge in [-0.1, -0.05) is 0 Å². The summed E-state index contributed by atoms with van der Waals surface area (Å²) in [5.41, 5.74) is 1.99. The fourth-order valence-electron chi connectivity index (χ4n) is 4.31. The standard InChI is InChI=1S/C23H30N6O3/c1-16-26-15-19(22(30)24-2)20(27-16)13-17-4-7-29(8-5-17)23(31)18-3-6-25-21(14-18)28-9-11-32-12-10-28/h3,6,14-15,17H,4-5,7-13H2,1-2H3,(H,24,30). The molecule has 0 saturated carbocycles. The van der Waals surface area contributed by atoms with Crippen LogP contribution in [0.15, 0.2) is 24.5 Å². The minimum absolute atomic E-state index is 0.0456. The Morgan fingerprint density at radius 1 is 1.16 bits per heavy atom. The Labute approximate surface area is 188 Å². The van der Waals surface area contributed by atoms with E-state index in [0.29, 0.717) is 55.6 Å². The minimum Gasteiger partial charge on any atom is -0.378 e. The Morgan fingerprint density at radius 2 is 1.91 bits per heavy atom. The van der Waals surface area contributed by atoms with Crippen LogP contribution in [0.25, 0.3) is 0 Å². The highest BCUT2D eigenvalue weighted by Crippen LogP contribution is 2.24. The average molecular weight is 439 g/mol. The molecule has 170 valence electrons. The van der Waals surface area contributed by atoms with Crippen LogP contribution < -0.4 is 10.2 Å². The number of hydrogen-bond acceptors (Lipinski definition) is 7. The van der Waals surface area contributed by atoms with Gasteiger partial charge in [-0.25, -0.2) is 15.0 Å². The molecule has 2 aliphatic rings. The number of aromatic nitrogens is 3. The SMILES string of the molecule is CNC(=O)c1cnc(C)nc1CC1CCN(C(=O)c2ccnc(N3CCOCC3)c2)CC1. The number of amides is 2. The fraction of sp³-hybridized carbons (Fsp3) is 0.522. The van der Waals surface area contributed by atoms with Gasteiger partial charge in [0.1, 0.15) is 11.6 Å². The second-order valence-electron chi connectivity index (χ2n) is 8.30. The molecule has 2 saturated heterocycles. The van der Waals surface area contributed by atoms with E-state index < -0.39 is 0 Å². The number of hydrogen-bond donors (Lipinski definition) is 1. The van der Waals surface area contributed by atoms with Gasteiger partial charge in [0.15, 0.2) is 0 Å². The smallest absolute Gasteiger partial charge is 0.254 e. The molecule has 1 N–H and O–H groups in total. The molecule has 0 bridgehead atoms. The molecule has 4 rings (SSSR count). The monoisotopic (exact) mass is 438 g/mol. The molecular weight excluding hydrogens is 408 g/mol. The summed E-state index contributed by atoms with van der Waals surface area (Å²) in [6, 6.07) is 3.68. The van der Waals surface area contributed by atoms with Gasteiger partial charge in [-0.2, -0.15) is 0 Å². The van der Waals surface area contributed by atoms with Crippen molar-refractivity contribution in [2.75, 3.05) is 51.3 Å². The predicted molar refractivity (Wildman–Crippen MR) is 120 cm³/mol. The van der Waals surface area contributed by atoms with E-state index in [9.17, 15) is 9.59 Å². The van der Waals surface area contributed by atoms with Crippen molar-refractivity contribution in [1.29, 1.82) is 0 Å². The largest absolute Gasteiger partial charge is 0.378 e. The van der Waals surface area contributed by atoms with Crippen molar-refractivity contribution in [3.63, 3.8) is 0 Å². The maximum absolute atomic E-state index is 13.1. The van der Waals surface area contributed by atoms with E-state index in [2.05, 4.69) is 25.2 Å². The number of nitrogens with zero attached hydrogens (tertiary/aromatic N) is 5. The fourth-order valence-corrected chi connectivity index (χ4v) is 4.31. The highest BCUT2D eigenvalue weighted by molar-refractivity contribution is 5.95. The van der Waals surface area contributed by atoms with Gasteiger partial charge < -0.3 is 19.9 Å². The molecule has 0 atom stereocenters. The number of likely N-dealkylation sites (tertiary alicyclic amines) is 1. The molecule has 0 spiro atoms. The second kappa shape index (κ2) is 10.0. The van der Waals surface area contributed by atoms with Crippen LogP contribution in [0.4, 0.5) is 5.82 Å². The normalized spacial score (nSPS) is 17.3. The van der Waals surface area contributed by atoms with Crippen molar-refractivity contribution < 1.29 is 14.3 Å². The van der Waals surface area contributed by atoms with Gasteiger partial charge in [-0.05, 0) is 44.2 Å². The zero-order valence-corrected chi connectivity index (χ0v) is 18.7. The number of carbonyl (C=O) groups is 2. The van der Waals surface area contributed by atoms with E-state index in [1.165, 1.54) is 0 Å². The van der Waals surface area contributed by atoms with E-state index >= 15 is 0 Å². The van der Waals surface area contributed by atoms with Gasteiger partial charge in [0.05, 0.1) is 24.5 Å². The Morgan fingerprint density at radius 3 is 2.62 bits per heavy atom. The van der Waals surface area contributed by atoms with Crippen molar-refractivity contribution in [2.24, 2.45) is 5.92 Å². The van der Waals surface area contributed by atoms with E-state index in [1.807, 2.05) is 17.9 Å². The summed E-state index contributed by atoms with van der Waals surface area (Å²) in [6.07, 6.45) is 5.78.